The summed E-state index contributed by atoms with van der Waals surface area (Å²) in [6, 6.07) is 11.1. The number of amides is 3. The second kappa shape index (κ2) is 8.75. The van der Waals surface area contributed by atoms with Crippen molar-refractivity contribution in [3.05, 3.63) is 57.5 Å². The summed E-state index contributed by atoms with van der Waals surface area (Å²) in [6.07, 6.45) is 1.33. The van der Waals surface area contributed by atoms with E-state index in [1.54, 1.807) is 54.3 Å². The molecule has 1 heterocycles. The molecular formula is C20H19BrClN3O3. The van der Waals surface area contributed by atoms with Gasteiger partial charge in [0, 0.05) is 28.7 Å². The zero-order chi connectivity index (χ0) is 20.3. The van der Waals surface area contributed by atoms with Gasteiger partial charge in [-0.1, -0.05) is 27.5 Å². The van der Waals surface area contributed by atoms with Crippen molar-refractivity contribution in [2.45, 2.75) is 25.8 Å². The van der Waals surface area contributed by atoms with Crippen LogP contribution in [0.15, 0.2) is 46.9 Å². The molecule has 0 bridgehead atoms. The predicted molar refractivity (Wildman–Crippen MR) is 113 cm³/mol. The van der Waals surface area contributed by atoms with Crippen LogP contribution in [0.25, 0.3) is 0 Å². The maximum Gasteiger partial charge on any atom is 0.251 e. The van der Waals surface area contributed by atoms with E-state index in [0.717, 1.165) is 10.9 Å². The molecule has 3 rings (SSSR count). The number of rotatable bonds is 5. The lowest BCUT2D eigenvalue weighted by molar-refractivity contribution is -0.118. The van der Waals surface area contributed by atoms with Crippen LogP contribution in [-0.4, -0.2) is 30.3 Å². The van der Waals surface area contributed by atoms with Gasteiger partial charge in [-0.2, -0.15) is 0 Å². The van der Waals surface area contributed by atoms with Gasteiger partial charge in [0.2, 0.25) is 11.8 Å². The SMILES string of the molecule is CC(NC(=O)c1ccc(Br)cc1)C(=O)Nc1ccc(N2CCCC2=O)c(Cl)c1. The molecular weight excluding hydrogens is 446 g/mol. The smallest absolute Gasteiger partial charge is 0.251 e. The maximum atomic E-state index is 12.4. The van der Waals surface area contributed by atoms with Crippen molar-refractivity contribution in [1.29, 1.82) is 0 Å². The normalized spacial score (nSPS) is 14.7. The third-order valence-corrected chi connectivity index (χ3v) is 5.26. The van der Waals surface area contributed by atoms with E-state index in [0.29, 0.717) is 34.9 Å². The Bertz CT molecular complexity index is 917. The Morgan fingerprint density at radius 2 is 1.89 bits per heavy atom. The van der Waals surface area contributed by atoms with Gasteiger partial charge in [-0.3, -0.25) is 14.4 Å². The first kappa shape index (κ1) is 20.4. The topological polar surface area (TPSA) is 78.5 Å². The van der Waals surface area contributed by atoms with Gasteiger partial charge < -0.3 is 15.5 Å². The zero-order valence-electron chi connectivity index (χ0n) is 15.2. The van der Waals surface area contributed by atoms with E-state index < -0.39 is 6.04 Å². The summed E-state index contributed by atoms with van der Waals surface area (Å²) in [6.45, 7) is 2.24. The molecule has 0 aromatic heterocycles. The van der Waals surface area contributed by atoms with Gasteiger partial charge in [-0.15, -0.1) is 0 Å². The number of nitrogens with one attached hydrogen (secondary N) is 2. The Morgan fingerprint density at radius 3 is 2.50 bits per heavy atom. The maximum absolute atomic E-state index is 12.4. The van der Waals surface area contributed by atoms with Crippen LogP contribution in [0.2, 0.25) is 5.02 Å². The molecule has 0 aliphatic carbocycles. The summed E-state index contributed by atoms with van der Waals surface area (Å²) >= 11 is 9.61. The van der Waals surface area contributed by atoms with E-state index in [4.69, 9.17) is 11.6 Å². The highest BCUT2D eigenvalue weighted by molar-refractivity contribution is 9.10. The molecule has 1 atom stereocenters. The first-order valence-electron chi connectivity index (χ1n) is 8.82. The van der Waals surface area contributed by atoms with Gasteiger partial charge in [-0.05, 0) is 55.8 Å². The van der Waals surface area contributed by atoms with Crippen molar-refractivity contribution < 1.29 is 14.4 Å². The van der Waals surface area contributed by atoms with Crippen LogP contribution >= 0.6 is 27.5 Å². The molecule has 2 aromatic carbocycles. The second-order valence-corrected chi connectivity index (χ2v) is 7.83. The second-order valence-electron chi connectivity index (χ2n) is 6.51. The Hall–Kier alpha value is -2.38. The molecule has 2 aromatic rings. The van der Waals surface area contributed by atoms with Gasteiger partial charge in [0.05, 0.1) is 10.7 Å². The average molecular weight is 465 g/mol. The minimum atomic E-state index is -0.741. The molecule has 28 heavy (non-hydrogen) atoms. The van der Waals surface area contributed by atoms with Crippen LogP contribution in [-0.2, 0) is 9.59 Å². The Kier molecular flexibility index (Phi) is 6.36. The largest absolute Gasteiger partial charge is 0.341 e. The summed E-state index contributed by atoms with van der Waals surface area (Å²) in [5.74, 6) is -0.662. The fourth-order valence-corrected chi connectivity index (χ4v) is 3.45. The summed E-state index contributed by atoms with van der Waals surface area (Å²) < 4.78 is 0.866. The molecule has 146 valence electrons. The van der Waals surface area contributed by atoms with Crippen LogP contribution in [0.5, 0.6) is 0 Å². The van der Waals surface area contributed by atoms with Crippen molar-refractivity contribution in [2.24, 2.45) is 0 Å². The van der Waals surface area contributed by atoms with E-state index in [9.17, 15) is 14.4 Å². The molecule has 2 N–H and O–H groups in total. The van der Waals surface area contributed by atoms with Crippen LogP contribution in [0.3, 0.4) is 0 Å². The number of anilines is 2. The molecule has 1 aliphatic heterocycles. The van der Waals surface area contributed by atoms with E-state index in [2.05, 4.69) is 26.6 Å². The molecule has 0 spiro atoms. The molecule has 0 radical (unpaired) electrons. The fraction of sp³-hybridized carbons (Fsp3) is 0.250. The van der Waals surface area contributed by atoms with Crippen molar-refractivity contribution >= 4 is 56.6 Å². The lowest BCUT2D eigenvalue weighted by atomic mass is 10.2. The number of carbonyl (C=O) groups is 3. The van der Waals surface area contributed by atoms with E-state index in [1.807, 2.05) is 0 Å². The minimum Gasteiger partial charge on any atom is -0.341 e. The monoisotopic (exact) mass is 463 g/mol. The standard InChI is InChI=1S/C20H19BrClN3O3/c1-12(23-20(28)13-4-6-14(21)7-5-13)19(27)24-15-8-9-17(16(22)11-15)25-10-2-3-18(25)26/h4-9,11-12H,2-3,10H2,1H3,(H,23,28)(H,24,27). The van der Waals surface area contributed by atoms with Crippen LogP contribution in [0, 0.1) is 0 Å². The van der Waals surface area contributed by atoms with Crippen molar-refractivity contribution in [3.63, 3.8) is 0 Å². The quantitative estimate of drug-likeness (QED) is 0.702. The Labute approximate surface area is 176 Å². The van der Waals surface area contributed by atoms with Gasteiger partial charge >= 0.3 is 0 Å². The highest BCUT2D eigenvalue weighted by Gasteiger charge is 2.24. The lowest BCUT2D eigenvalue weighted by Crippen LogP contribution is -2.41. The highest BCUT2D eigenvalue weighted by atomic mass is 79.9. The fourth-order valence-electron chi connectivity index (χ4n) is 2.90. The highest BCUT2D eigenvalue weighted by Crippen LogP contribution is 2.31. The summed E-state index contributed by atoms with van der Waals surface area (Å²) in [7, 11) is 0. The van der Waals surface area contributed by atoms with Gasteiger partial charge in [0.15, 0.2) is 0 Å². The molecule has 3 amide bonds. The van der Waals surface area contributed by atoms with E-state index in [1.165, 1.54) is 0 Å². The molecule has 6 nitrogen and oxygen atoms in total. The third kappa shape index (κ3) is 4.72. The summed E-state index contributed by atoms with van der Waals surface area (Å²) in [5.41, 5.74) is 1.60. The zero-order valence-corrected chi connectivity index (χ0v) is 17.5. The minimum absolute atomic E-state index is 0.0444. The first-order valence-corrected chi connectivity index (χ1v) is 9.99. The summed E-state index contributed by atoms with van der Waals surface area (Å²) in [5, 5.41) is 5.78. The van der Waals surface area contributed by atoms with Crippen LogP contribution in [0.1, 0.15) is 30.1 Å². The summed E-state index contributed by atoms with van der Waals surface area (Å²) in [4.78, 5) is 38.2. The van der Waals surface area contributed by atoms with Crippen molar-refractivity contribution in [1.82, 2.24) is 5.32 Å². The van der Waals surface area contributed by atoms with E-state index in [-0.39, 0.29) is 17.7 Å². The Morgan fingerprint density at radius 1 is 1.18 bits per heavy atom. The number of hydrogen-bond donors (Lipinski definition) is 2. The molecule has 1 aliphatic rings. The predicted octanol–water partition coefficient (Wildman–Crippen LogP) is 3.99. The number of benzene rings is 2. The van der Waals surface area contributed by atoms with Crippen molar-refractivity contribution in [3.8, 4) is 0 Å². The molecule has 8 heteroatoms. The molecule has 1 saturated heterocycles. The molecule has 1 fully saturated rings. The van der Waals surface area contributed by atoms with E-state index >= 15 is 0 Å². The van der Waals surface area contributed by atoms with Gasteiger partial charge in [-0.25, -0.2) is 0 Å². The van der Waals surface area contributed by atoms with Crippen LogP contribution in [0.4, 0.5) is 11.4 Å². The number of nitrogens with zero attached hydrogens (tertiary/aromatic N) is 1. The lowest BCUT2D eigenvalue weighted by Gasteiger charge is -2.19. The first-order chi connectivity index (χ1) is 13.3. The van der Waals surface area contributed by atoms with Gasteiger partial charge in [0.1, 0.15) is 6.04 Å². The van der Waals surface area contributed by atoms with Crippen molar-refractivity contribution in [2.75, 3.05) is 16.8 Å². The third-order valence-electron chi connectivity index (χ3n) is 4.43. The number of hydrogen-bond acceptors (Lipinski definition) is 3. The number of halogens is 2. The average Bonchev–Trinajstić information content (AvgIpc) is 3.08. The number of carbonyl (C=O) groups excluding carboxylic acids is 3. The van der Waals surface area contributed by atoms with Gasteiger partial charge in [0.25, 0.3) is 5.91 Å². The molecule has 1 unspecified atom stereocenters. The molecule has 0 saturated carbocycles. The Balaban J connectivity index is 1.62. The van der Waals surface area contributed by atoms with Crippen LogP contribution < -0.4 is 15.5 Å².